The summed E-state index contributed by atoms with van der Waals surface area (Å²) < 4.78 is 9.92. The van der Waals surface area contributed by atoms with Crippen LogP contribution in [0.5, 0.6) is 5.75 Å². The molecule has 1 aromatic rings. The van der Waals surface area contributed by atoms with Crippen LogP contribution in [0, 0.1) is 5.92 Å². The highest BCUT2D eigenvalue weighted by Gasteiger charge is 2.27. The maximum Gasteiger partial charge on any atom is 0.308 e. The monoisotopic (exact) mass is 376 g/mol. The third-order valence-electron chi connectivity index (χ3n) is 4.60. The van der Waals surface area contributed by atoms with Gasteiger partial charge in [-0.1, -0.05) is 12.1 Å². The van der Waals surface area contributed by atoms with E-state index in [1.54, 1.807) is 14.2 Å². The summed E-state index contributed by atoms with van der Waals surface area (Å²) in [5.74, 6) is 1.12. The quantitative estimate of drug-likeness (QED) is 0.433. The molecule has 1 aromatic carbocycles. The van der Waals surface area contributed by atoms with E-state index in [1.807, 2.05) is 24.3 Å². The predicted octanol–water partition coefficient (Wildman–Crippen LogP) is 0.772. The third-order valence-corrected chi connectivity index (χ3v) is 4.60. The molecule has 0 saturated carbocycles. The van der Waals surface area contributed by atoms with Crippen molar-refractivity contribution in [2.75, 3.05) is 40.9 Å². The number of guanidine groups is 1. The molecule has 2 N–H and O–H groups in total. The Morgan fingerprint density at radius 1 is 1.15 bits per heavy atom. The van der Waals surface area contributed by atoms with E-state index >= 15 is 0 Å². The molecule has 1 fully saturated rings. The summed E-state index contributed by atoms with van der Waals surface area (Å²) in [5.41, 5.74) is 0.999. The van der Waals surface area contributed by atoms with Gasteiger partial charge in [0.15, 0.2) is 5.96 Å². The van der Waals surface area contributed by atoms with Gasteiger partial charge in [0.2, 0.25) is 5.91 Å². The summed E-state index contributed by atoms with van der Waals surface area (Å²) in [6.07, 6.45) is 1.44. The number of carbonyl (C=O) groups is 2. The van der Waals surface area contributed by atoms with Crippen LogP contribution < -0.4 is 15.4 Å². The van der Waals surface area contributed by atoms with Crippen molar-refractivity contribution in [3.63, 3.8) is 0 Å². The van der Waals surface area contributed by atoms with E-state index in [0.717, 1.165) is 24.2 Å². The van der Waals surface area contributed by atoms with Crippen molar-refractivity contribution in [2.24, 2.45) is 10.9 Å². The minimum absolute atomic E-state index is 0.0582. The standard InChI is InChI=1S/C19H28N4O4/c1-20-19(23-10-8-15(9-11-23)18(25)27-3)22-13-17(24)21-12-14-4-6-16(26-2)7-5-14/h4-7,15H,8-13H2,1-3H3,(H,20,22)(H,21,24). The second-order valence-corrected chi connectivity index (χ2v) is 6.31. The van der Waals surface area contributed by atoms with E-state index in [1.165, 1.54) is 7.11 Å². The molecule has 27 heavy (non-hydrogen) atoms. The van der Waals surface area contributed by atoms with Crippen LogP contribution in [0.1, 0.15) is 18.4 Å². The average Bonchev–Trinajstić information content (AvgIpc) is 2.72. The van der Waals surface area contributed by atoms with Crippen LogP contribution in [0.25, 0.3) is 0 Å². The molecule has 148 valence electrons. The summed E-state index contributed by atoms with van der Waals surface area (Å²) in [5, 5.41) is 5.95. The first-order valence-electron chi connectivity index (χ1n) is 9.00. The molecule has 1 aliphatic rings. The van der Waals surface area contributed by atoms with Crippen LogP contribution in [-0.2, 0) is 20.9 Å². The summed E-state index contributed by atoms with van der Waals surface area (Å²) in [6, 6.07) is 7.55. The Morgan fingerprint density at radius 3 is 2.37 bits per heavy atom. The number of likely N-dealkylation sites (tertiary alicyclic amines) is 1. The molecule has 8 heteroatoms. The Balaban J connectivity index is 1.73. The maximum absolute atomic E-state index is 12.1. The van der Waals surface area contributed by atoms with Gasteiger partial charge in [-0.25, -0.2) is 0 Å². The first-order valence-corrected chi connectivity index (χ1v) is 9.00. The van der Waals surface area contributed by atoms with Gasteiger partial charge in [-0.3, -0.25) is 14.6 Å². The number of esters is 1. The Morgan fingerprint density at radius 2 is 1.81 bits per heavy atom. The molecular weight excluding hydrogens is 348 g/mol. The van der Waals surface area contributed by atoms with Crippen molar-refractivity contribution in [3.05, 3.63) is 29.8 Å². The van der Waals surface area contributed by atoms with Gasteiger partial charge in [-0.15, -0.1) is 0 Å². The number of amides is 1. The smallest absolute Gasteiger partial charge is 0.308 e. The number of rotatable bonds is 6. The topological polar surface area (TPSA) is 92.3 Å². The number of piperidine rings is 1. The van der Waals surface area contributed by atoms with Gasteiger partial charge in [-0.05, 0) is 30.5 Å². The lowest BCUT2D eigenvalue weighted by molar-refractivity contribution is -0.146. The van der Waals surface area contributed by atoms with E-state index in [0.29, 0.717) is 25.6 Å². The number of hydrogen-bond donors (Lipinski definition) is 2. The number of benzene rings is 1. The van der Waals surface area contributed by atoms with Gasteiger partial charge in [0.05, 0.1) is 26.7 Å². The fraction of sp³-hybridized carbons (Fsp3) is 0.526. The van der Waals surface area contributed by atoms with Crippen LogP contribution in [0.2, 0.25) is 0 Å². The van der Waals surface area contributed by atoms with Crippen molar-refractivity contribution in [1.82, 2.24) is 15.5 Å². The molecule has 8 nitrogen and oxygen atoms in total. The molecule has 1 heterocycles. The highest BCUT2D eigenvalue weighted by atomic mass is 16.5. The number of nitrogens with one attached hydrogen (secondary N) is 2. The highest BCUT2D eigenvalue weighted by Crippen LogP contribution is 2.18. The highest BCUT2D eigenvalue weighted by molar-refractivity contribution is 5.86. The van der Waals surface area contributed by atoms with Crippen LogP contribution >= 0.6 is 0 Å². The lowest BCUT2D eigenvalue weighted by atomic mass is 9.97. The summed E-state index contributed by atoms with van der Waals surface area (Å²) in [4.78, 5) is 30.0. The number of nitrogens with zero attached hydrogens (tertiary/aromatic N) is 2. The lowest BCUT2D eigenvalue weighted by Gasteiger charge is -2.33. The van der Waals surface area contributed by atoms with E-state index in [4.69, 9.17) is 9.47 Å². The summed E-state index contributed by atoms with van der Waals surface area (Å²) in [6.45, 7) is 1.99. The lowest BCUT2D eigenvalue weighted by Crippen LogP contribution is -2.49. The van der Waals surface area contributed by atoms with Crippen LogP contribution in [-0.4, -0.2) is 63.6 Å². The van der Waals surface area contributed by atoms with Crippen LogP contribution in [0.4, 0.5) is 0 Å². The number of aliphatic imine (C=N–C) groups is 1. The van der Waals surface area contributed by atoms with Crippen molar-refractivity contribution in [3.8, 4) is 5.75 Å². The number of methoxy groups -OCH3 is 2. The molecule has 1 aliphatic heterocycles. The fourth-order valence-corrected chi connectivity index (χ4v) is 2.99. The zero-order chi connectivity index (χ0) is 19.6. The van der Waals surface area contributed by atoms with Crippen LogP contribution in [0.3, 0.4) is 0 Å². The average molecular weight is 376 g/mol. The molecule has 0 radical (unpaired) electrons. The first kappa shape index (κ1) is 20.5. The fourth-order valence-electron chi connectivity index (χ4n) is 2.99. The van der Waals surface area contributed by atoms with Crippen LogP contribution in [0.15, 0.2) is 29.3 Å². The Labute approximate surface area is 159 Å². The zero-order valence-electron chi connectivity index (χ0n) is 16.2. The van der Waals surface area contributed by atoms with Gasteiger partial charge < -0.3 is 25.0 Å². The maximum atomic E-state index is 12.1. The van der Waals surface area contributed by atoms with Gasteiger partial charge in [-0.2, -0.15) is 0 Å². The molecular formula is C19H28N4O4. The molecule has 1 saturated heterocycles. The van der Waals surface area contributed by atoms with Crippen molar-refractivity contribution in [1.29, 1.82) is 0 Å². The Bertz CT molecular complexity index is 652. The van der Waals surface area contributed by atoms with Gasteiger partial charge in [0, 0.05) is 26.7 Å². The SMILES string of the molecule is CN=C(NCC(=O)NCc1ccc(OC)cc1)N1CCC(C(=O)OC)CC1. The predicted molar refractivity (Wildman–Crippen MR) is 103 cm³/mol. The second kappa shape index (κ2) is 10.4. The van der Waals surface area contributed by atoms with E-state index in [9.17, 15) is 9.59 Å². The Kier molecular flexibility index (Phi) is 7.91. The number of hydrogen-bond acceptors (Lipinski definition) is 5. The van der Waals surface area contributed by atoms with E-state index in [-0.39, 0.29) is 24.3 Å². The molecule has 0 spiro atoms. The minimum Gasteiger partial charge on any atom is -0.497 e. The van der Waals surface area contributed by atoms with E-state index in [2.05, 4.69) is 20.5 Å². The molecule has 0 unspecified atom stereocenters. The first-order chi connectivity index (χ1) is 13.1. The van der Waals surface area contributed by atoms with E-state index < -0.39 is 0 Å². The summed E-state index contributed by atoms with van der Waals surface area (Å²) in [7, 11) is 4.72. The number of carbonyl (C=O) groups excluding carboxylic acids is 2. The second-order valence-electron chi connectivity index (χ2n) is 6.31. The minimum atomic E-state index is -0.157. The van der Waals surface area contributed by atoms with Gasteiger partial charge >= 0.3 is 5.97 Å². The third kappa shape index (κ3) is 6.16. The van der Waals surface area contributed by atoms with Crippen molar-refractivity contribution >= 4 is 17.8 Å². The van der Waals surface area contributed by atoms with Crippen molar-refractivity contribution in [2.45, 2.75) is 19.4 Å². The largest absolute Gasteiger partial charge is 0.497 e. The molecule has 0 aromatic heterocycles. The summed E-state index contributed by atoms with van der Waals surface area (Å²) >= 11 is 0. The zero-order valence-corrected chi connectivity index (χ0v) is 16.2. The normalized spacial score (nSPS) is 15.2. The number of ether oxygens (including phenoxy) is 2. The molecule has 1 amide bonds. The van der Waals surface area contributed by atoms with Gasteiger partial charge in [0.1, 0.15) is 5.75 Å². The Hall–Kier alpha value is -2.77. The molecule has 0 aliphatic carbocycles. The molecule has 2 rings (SSSR count). The van der Waals surface area contributed by atoms with Gasteiger partial charge in [0.25, 0.3) is 0 Å². The van der Waals surface area contributed by atoms with Crippen molar-refractivity contribution < 1.29 is 19.1 Å². The molecule has 0 bridgehead atoms. The molecule has 0 atom stereocenters.